The first-order valence-corrected chi connectivity index (χ1v) is 6.94. The quantitative estimate of drug-likeness (QED) is 0.851. The highest BCUT2D eigenvalue weighted by molar-refractivity contribution is 5.87. The standard InChI is InChI=1S/C16H22N2O2/c1-17(2)10-5-8-16(20)18-11-9-15(19)14-7-4-3-6-13(14)12-18/h3-8,15,19H,9-12H2,1-2H3/b8-5+. The summed E-state index contributed by atoms with van der Waals surface area (Å²) in [6.07, 6.45) is 3.61. The van der Waals surface area contributed by atoms with Crippen LogP contribution in [-0.4, -0.2) is 48.0 Å². The highest BCUT2D eigenvalue weighted by Crippen LogP contribution is 2.26. The average Bonchev–Trinajstić information content (AvgIpc) is 2.58. The van der Waals surface area contributed by atoms with Crippen LogP contribution in [0.25, 0.3) is 0 Å². The van der Waals surface area contributed by atoms with Crippen LogP contribution in [0.2, 0.25) is 0 Å². The first-order valence-electron chi connectivity index (χ1n) is 6.94. The fourth-order valence-corrected chi connectivity index (χ4v) is 2.38. The SMILES string of the molecule is CN(C)C/C=C/C(=O)N1CCC(O)c2ccccc2C1. The van der Waals surface area contributed by atoms with E-state index in [1.165, 1.54) is 0 Å². The van der Waals surface area contributed by atoms with E-state index in [9.17, 15) is 9.90 Å². The predicted molar refractivity (Wildman–Crippen MR) is 79.1 cm³/mol. The van der Waals surface area contributed by atoms with E-state index < -0.39 is 6.10 Å². The Morgan fingerprint density at radius 2 is 2.20 bits per heavy atom. The molecule has 0 aromatic heterocycles. The molecule has 1 heterocycles. The number of carbonyl (C=O) groups is 1. The Kier molecular flexibility index (Phi) is 4.93. The molecule has 1 aliphatic heterocycles. The molecule has 20 heavy (non-hydrogen) atoms. The van der Waals surface area contributed by atoms with Gasteiger partial charge in [-0.15, -0.1) is 0 Å². The lowest BCUT2D eigenvalue weighted by molar-refractivity contribution is -0.126. The third kappa shape index (κ3) is 3.68. The molecule has 1 atom stereocenters. The Morgan fingerprint density at radius 1 is 1.45 bits per heavy atom. The van der Waals surface area contributed by atoms with Crippen LogP contribution in [0.3, 0.4) is 0 Å². The molecule has 2 rings (SSSR count). The summed E-state index contributed by atoms with van der Waals surface area (Å²) >= 11 is 0. The number of aliphatic hydroxyl groups excluding tert-OH is 1. The maximum atomic E-state index is 12.2. The maximum absolute atomic E-state index is 12.2. The topological polar surface area (TPSA) is 43.8 Å². The summed E-state index contributed by atoms with van der Waals surface area (Å²) in [5.74, 6) is 0.00996. The summed E-state index contributed by atoms with van der Waals surface area (Å²) in [7, 11) is 3.93. The predicted octanol–water partition coefficient (Wildman–Crippen LogP) is 1.57. The lowest BCUT2D eigenvalue weighted by Crippen LogP contribution is -2.29. The van der Waals surface area contributed by atoms with E-state index in [4.69, 9.17) is 0 Å². The van der Waals surface area contributed by atoms with Gasteiger partial charge in [0, 0.05) is 25.7 Å². The van der Waals surface area contributed by atoms with E-state index >= 15 is 0 Å². The minimum absolute atomic E-state index is 0.00996. The second-order valence-electron chi connectivity index (χ2n) is 5.43. The van der Waals surface area contributed by atoms with Gasteiger partial charge in [0.25, 0.3) is 0 Å². The van der Waals surface area contributed by atoms with Crippen molar-refractivity contribution in [2.24, 2.45) is 0 Å². The molecule has 1 aromatic rings. The van der Waals surface area contributed by atoms with Crippen LogP contribution >= 0.6 is 0 Å². The van der Waals surface area contributed by atoms with Crippen LogP contribution in [0.5, 0.6) is 0 Å². The number of amides is 1. The van der Waals surface area contributed by atoms with E-state index in [1.54, 1.807) is 11.0 Å². The van der Waals surface area contributed by atoms with Crippen molar-refractivity contribution in [1.29, 1.82) is 0 Å². The summed E-state index contributed by atoms with van der Waals surface area (Å²) in [5, 5.41) is 10.1. The Morgan fingerprint density at radius 3 is 2.95 bits per heavy atom. The van der Waals surface area contributed by atoms with Crippen LogP contribution in [0.4, 0.5) is 0 Å². The molecule has 4 nitrogen and oxygen atoms in total. The van der Waals surface area contributed by atoms with Crippen molar-refractivity contribution in [2.45, 2.75) is 19.1 Å². The number of benzene rings is 1. The zero-order valence-corrected chi connectivity index (χ0v) is 12.1. The number of aliphatic hydroxyl groups is 1. The van der Waals surface area contributed by atoms with Crippen molar-refractivity contribution in [1.82, 2.24) is 9.80 Å². The summed E-state index contributed by atoms with van der Waals surface area (Å²) < 4.78 is 0. The molecule has 0 bridgehead atoms. The number of nitrogens with zero attached hydrogens (tertiary/aromatic N) is 2. The number of carbonyl (C=O) groups excluding carboxylic acids is 1. The summed E-state index contributed by atoms with van der Waals surface area (Å²) in [6.45, 7) is 1.90. The number of likely N-dealkylation sites (N-methyl/N-ethyl adjacent to an activating group) is 1. The second kappa shape index (κ2) is 6.68. The number of hydrogen-bond acceptors (Lipinski definition) is 3. The van der Waals surface area contributed by atoms with Gasteiger partial charge in [-0.05, 0) is 31.6 Å². The fraction of sp³-hybridized carbons (Fsp3) is 0.438. The molecule has 1 amide bonds. The van der Waals surface area contributed by atoms with E-state index in [0.29, 0.717) is 19.5 Å². The Balaban J connectivity index is 2.08. The molecule has 1 N–H and O–H groups in total. The fourth-order valence-electron chi connectivity index (χ4n) is 2.38. The van der Waals surface area contributed by atoms with Crippen LogP contribution in [-0.2, 0) is 11.3 Å². The lowest BCUT2D eigenvalue weighted by atomic mass is 10.0. The van der Waals surface area contributed by atoms with Gasteiger partial charge in [-0.1, -0.05) is 30.3 Å². The van der Waals surface area contributed by atoms with Gasteiger partial charge in [0.15, 0.2) is 0 Å². The smallest absolute Gasteiger partial charge is 0.246 e. The van der Waals surface area contributed by atoms with E-state index in [-0.39, 0.29) is 5.91 Å². The molecule has 1 unspecified atom stereocenters. The first-order chi connectivity index (χ1) is 9.58. The van der Waals surface area contributed by atoms with Gasteiger partial charge in [0.05, 0.1) is 6.10 Å². The normalized spacial score (nSPS) is 19.2. The Bertz CT molecular complexity index is 497. The van der Waals surface area contributed by atoms with Gasteiger partial charge in [0.2, 0.25) is 5.91 Å². The molecular weight excluding hydrogens is 252 g/mol. The van der Waals surface area contributed by atoms with Crippen molar-refractivity contribution >= 4 is 5.91 Å². The van der Waals surface area contributed by atoms with Crippen LogP contribution < -0.4 is 0 Å². The van der Waals surface area contributed by atoms with Gasteiger partial charge in [-0.25, -0.2) is 0 Å². The molecule has 0 radical (unpaired) electrons. The first kappa shape index (κ1) is 14.8. The van der Waals surface area contributed by atoms with Crippen LogP contribution in [0.15, 0.2) is 36.4 Å². The number of fused-ring (bicyclic) bond motifs is 1. The molecule has 0 saturated heterocycles. The Labute approximate surface area is 120 Å². The van der Waals surface area contributed by atoms with E-state index in [2.05, 4.69) is 0 Å². The number of rotatable bonds is 3. The molecular formula is C16H22N2O2. The van der Waals surface area contributed by atoms with Crippen molar-refractivity contribution in [2.75, 3.05) is 27.2 Å². The molecule has 0 saturated carbocycles. The van der Waals surface area contributed by atoms with Gasteiger partial charge in [-0.3, -0.25) is 4.79 Å². The minimum atomic E-state index is -0.477. The van der Waals surface area contributed by atoms with Gasteiger partial charge < -0.3 is 14.9 Å². The second-order valence-corrected chi connectivity index (χ2v) is 5.43. The number of hydrogen-bond donors (Lipinski definition) is 1. The lowest BCUT2D eigenvalue weighted by Gasteiger charge is -2.19. The highest BCUT2D eigenvalue weighted by Gasteiger charge is 2.22. The van der Waals surface area contributed by atoms with Crippen molar-refractivity contribution in [3.63, 3.8) is 0 Å². The largest absolute Gasteiger partial charge is 0.388 e. The van der Waals surface area contributed by atoms with Gasteiger partial charge in [-0.2, -0.15) is 0 Å². The third-order valence-corrected chi connectivity index (χ3v) is 3.49. The summed E-state index contributed by atoms with van der Waals surface area (Å²) in [6, 6.07) is 7.79. The molecule has 1 aliphatic rings. The van der Waals surface area contributed by atoms with Gasteiger partial charge >= 0.3 is 0 Å². The maximum Gasteiger partial charge on any atom is 0.246 e. The summed E-state index contributed by atoms with van der Waals surface area (Å²) in [5.41, 5.74) is 1.98. The van der Waals surface area contributed by atoms with E-state index in [1.807, 2.05) is 49.3 Å². The highest BCUT2D eigenvalue weighted by atomic mass is 16.3. The third-order valence-electron chi connectivity index (χ3n) is 3.49. The molecule has 4 heteroatoms. The van der Waals surface area contributed by atoms with Crippen LogP contribution in [0, 0.1) is 0 Å². The molecule has 1 aromatic carbocycles. The monoisotopic (exact) mass is 274 g/mol. The minimum Gasteiger partial charge on any atom is -0.388 e. The average molecular weight is 274 g/mol. The Hall–Kier alpha value is -1.65. The molecule has 108 valence electrons. The van der Waals surface area contributed by atoms with Gasteiger partial charge in [0.1, 0.15) is 0 Å². The molecule has 0 spiro atoms. The molecule has 0 aliphatic carbocycles. The van der Waals surface area contributed by atoms with Crippen molar-refractivity contribution in [3.05, 3.63) is 47.5 Å². The molecule has 0 fully saturated rings. The van der Waals surface area contributed by atoms with E-state index in [0.717, 1.165) is 17.7 Å². The van der Waals surface area contributed by atoms with Crippen molar-refractivity contribution in [3.8, 4) is 0 Å². The zero-order chi connectivity index (χ0) is 14.5. The summed E-state index contributed by atoms with van der Waals surface area (Å²) in [4.78, 5) is 16.0. The zero-order valence-electron chi connectivity index (χ0n) is 12.1. The van der Waals surface area contributed by atoms with Crippen molar-refractivity contribution < 1.29 is 9.90 Å². The van der Waals surface area contributed by atoms with Crippen LogP contribution in [0.1, 0.15) is 23.7 Å².